The third kappa shape index (κ3) is 5.10. The van der Waals surface area contributed by atoms with Gasteiger partial charge in [-0.3, -0.25) is 0 Å². The molecule has 3 aromatic rings. The van der Waals surface area contributed by atoms with Gasteiger partial charge in [0, 0.05) is 48.8 Å². The second-order valence-electron chi connectivity index (χ2n) is 7.51. The summed E-state index contributed by atoms with van der Waals surface area (Å²) < 4.78 is 66.6. The van der Waals surface area contributed by atoms with Crippen LogP contribution in [0.5, 0.6) is 5.75 Å². The average Bonchev–Trinajstić information content (AvgIpc) is 3.19. The summed E-state index contributed by atoms with van der Waals surface area (Å²) in [5.41, 5.74) is -4.50. The summed E-state index contributed by atoms with van der Waals surface area (Å²) in [6.07, 6.45) is 0.789. The third-order valence-electron chi connectivity index (χ3n) is 5.15. The molecule has 0 saturated carbocycles. The van der Waals surface area contributed by atoms with Crippen molar-refractivity contribution in [3.63, 3.8) is 0 Å². The van der Waals surface area contributed by atoms with Crippen molar-refractivity contribution < 1.29 is 25.8 Å². The van der Waals surface area contributed by atoms with E-state index in [-0.39, 0.29) is 11.5 Å². The van der Waals surface area contributed by atoms with Crippen LogP contribution < -0.4 is 19.3 Å². The van der Waals surface area contributed by atoms with E-state index < -0.39 is 21.4 Å². The summed E-state index contributed by atoms with van der Waals surface area (Å²) in [5.74, 6) is 0.237. The molecular formula is C20H21ClF3N5O3S2. The molecular weight excluding hydrogens is 515 g/mol. The van der Waals surface area contributed by atoms with Crippen LogP contribution in [0.25, 0.3) is 10.2 Å². The van der Waals surface area contributed by atoms with Gasteiger partial charge in [0.2, 0.25) is 5.95 Å². The Morgan fingerprint density at radius 3 is 2.38 bits per heavy atom. The van der Waals surface area contributed by atoms with E-state index in [0.717, 1.165) is 23.4 Å². The van der Waals surface area contributed by atoms with E-state index in [4.69, 9.17) is 11.6 Å². The maximum absolute atomic E-state index is 12.9. The second kappa shape index (κ2) is 9.62. The number of nitrogens with one attached hydrogen (secondary N) is 1. The van der Waals surface area contributed by atoms with Crippen molar-refractivity contribution in [2.45, 2.75) is 18.9 Å². The molecule has 1 saturated heterocycles. The Bertz CT molecular complexity index is 1260. The molecule has 1 aliphatic heterocycles. The molecule has 0 radical (unpaired) electrons. The van der Waals surface area contributed by atoms with Gasteiger partial charge in [-0.1, -0.05) is 18.5 Å². The van der Waals surface area contributed by atoms with E-state index in [2.05, 4.69) is 24.4 Å². The molecule has 0 unspecified atom stereocenters. The van der Waals surface area contributed by atoms with E-state index in [1.807, 2.05) is 36.1 Å². The Labute approximate surface area is 203 Å². The van der Waals surface area contributed by atoms with Crippen LogP contribution in [0.3, 0.4) is 0 Å². The number of piperazine rings is 1. The molecule has 184 valence electrons. The van der Waals surface area contributed by atoms with Gasteiger partial charge in [-0.05, 0) is 30.7 Å². The lowest BCUT2D eigenvalue weighted by Gasteiger charge is -2.36. The van der Waals surface area contributed by atoms with Gasteiger partial charge < -0.3 is 19.3 Å². The molecule has 34 heavy (non-hydrogen) atoms. The Morgan fingerprint density at radius 1 is 1.12 bits per heavy atom. The monoisotopic (exact) mass is 535 g/mol. The van der Waals surface area contributed by atoms with Crippen molar-refractivity contribution in [1.29, 1.82) is 0 Å². The Balaban J connectivity index is 1.62. The molecule has 2 aromatic heterocycles. The first-order chi connectivity index (χ1) is 16.1. The van der Waals surface area contributed by atoms with Crippen LogP contribution in [-0.2, 0) is 10.1 Å². The number of benzene rings is 1. The molecule has 0 atom stereocenters. The quantitative estimate of drug-likeness (QED) is 0.343. The van der Waals surface area contributed by atoms with Gasteiger partial charge >= 0.3 is 15.6 Å². The number of fused-ring (bicyclic) bond motifs is 1. The predicted molar refractivity (Wildman–Crippen MR) is 128 cm³/mol. The molecule has 14 heteroatoms. The summed E-state index contributed by atoms with van der Waals surface area (Å²) in [7, 11) is -5.82. The van der Waals surface area contributed by atoms with Gasteiger partial charge in [0.05, 0.1) is 4.70 Å². The molecule has 0 bridgehead atoms. The van der Waals surface area contributed by atoms with Gasteiger partial charge in [0.1, 0.15) is 11.3 Å². The molecule has 4 rings (SSSR count). The number of aromatic nitrogens is 2. The lowest BCUT2D eigenvalue weighted by molar-refractivity contribution is -0.0499. The molecule has 3 heterocycles. The standard InChI is InChI=1S/C20H21ClF3N5O3S2/c1-2-7-25-18-17-16(15(12-33-17)32-34(30,31)20(22,23)24)26-19(27-18)29-10-8-28(9-11-29)14-5-3-13(21)4-6-14/h3-6,12H,2,7-11H2,1H3,(H,25,26,27). The fourth-order valence-electron chi connectivity index (χ4n) is 3.43. The summed E-state index contributed by atoms with van der Waals surface area (Å²) in [6.45, 7) is 4.98. The summed E-state index contributed by atoms with van der Waals surface area (Å²) in [5, 5.41) is 4.99. The summed E-state index contributed by atoms with van der Waals surface area (Å²) in [6, 6.07) is 7.50. The summed E-state index contributed by atoms with van der Waals surface area (Å²) >= 11 is 6.98. The van der Waals surface area contributed by atoms with E-state index >= 15 is 0 Å². The Morgan fingerprint density at radius 2 is 1.76 bits per heavy atom. The Hall–Kier alpha value is -2.51. The molecule has 0 aliphatic carbocycles. The van der Waals surface area contributed by atoms with Gasteiger partial charge in [0.15, 0.2) is 5.75 Å². The molecule has 1 aromatic carbocycles. The largest absolute Gasteiger partial charge is 0.534 e. The number of hydrogen-bond acceptors (Lipinski definition) is 9. The highest BCUT2D eigenvalue weighted by molar-refractivity contribution is 7.88. The minimum absolute atomic E-state index is 0.0153. The average molecular weight is 536 g/mol. The van der Waals surface area contributed by atoms with Crippen molar-refractivity contribution in [1.82, 2.24) is 9.97 Å². The van der Waals surface area contributed by atoms with Crippen molar-refractivity contribution >= 4 is 60.7 Å². The van der Waals surface area contributed by atoms with Crippen LogP contribution in [0.15, 0.2) is 29.6 Å². The lowest BCUT2D eigenvalue weighted by Crippen LogP contribution is -2.47. The highest BCUT2D eigenvalue weighted by atomic mass is 35.5. The number of anilines is 3. The van der Waals surface area contributed by atoms with E-state index in [9.17, 15) is 21.6 Å². The number of thiophene rings is 1. The molecule has 0 spiro atoms. The zero-order chi connectivity index (χ0) is 24.5. The minimum atomic E-state index is -5.82. The first-order valence-corrected chi connectivity index (χ1v) is 13.0. The lowest BCUT2D eigenvalue weighted by atomic mass is 10.2. The number of nitrogens with zero attached hydrogens (tertiary/aromatic N) is 4. The maximum Gasteiger partial charge on any atom is 0.534 e. The van der Waals surface area contributed by atoms with E-state index in [0.29, 0.717) is 48.3 Å². The fourth-order valence-corrected chi connectivity index (χ4v) is 4.95. The molecule has 1 aliphatic rings. The first-order valence-electron chi connectivity index (χ1n) is 10.4. The van der Waals surface area contributed by atoms with Crippen LogP contribution in [0.4, 0.5) is 30.6 Å². The second-order valence-corrected chi connectivity index (χ2v) is 10.4. The minimum Gasteiger partial charge on any atom is -0.373 e. The zero-order valence-corrected chi connectivity index (χ0v) is 20.4. The molecule has 1 fully saturated rings. The van der Waals surface area contributed by atoms with Crippen LogP contribution >= 0.6 is 22.9 Å². The first kappa shape index (κ1) is 24.6. The van der Waals surface area contributed by atoms with E-state index in [1.165, 1.54) is 5.38 Å². The smallest absolute Gasteiger partial charge is 0.373 e. The highest BCUT2D eigenvalue weighted by Gasteiger charge is 2.49. The zero-order valence-electron chi connectivity index (χ0n) is 18.0. The van der Waals surface area contributed by atoms with E-state index in [1.54, 1.807) is 0 Å². The molecule has 1 N–H and O–H groups in total. The van der Waals surface area contributed by atoms with Gasteiger partial charge in [-0.25, -0.2) is 4.98 Å². The van der Waals surface area contributed by atoms with Crippen LogP contribution in [-0.4, -0.2) is 56.6 Å². The van der Waals surface area contributed by atoms with Crippen molar-refractivity contribution in [3.05, 3.63) is 34.7 Å². The number of alkyl halides is 3. The van der Waals surface area contributed by atoms with Crippen molar-refractivity contribution in [3.8, 4) is 5.75 Å². The van der Waals surface area contributed by atoms with Gasteiger partial charge in [-0.15, -0.1) is 11.3 Å². The van der Waals surface area contributed by atoms with Crippen molar-refractivity contribution in [2.75, 3.05) is 47.8 Å². The molecule has 0 amide bonds. The molecule has 8 nitrogen and oxygen atoms in total. The fraction of sp³-hybridized carbons (Fsp3) is 0.400. The highest BCUT2D eigenvalue weighted by Crippen LogP contribution is 2.39. The third-order valence-corrected chi connectivity index (χ3v) is 7.32. The summed E-state index contributed by atoms with van der Waals surface area (Å²) in [4.78, 5) is 13.1. The number of hydrogen-bond donors (Lipinski definition) is 1. The normalized spacial score (nSPS) is 15.1. The van der Waals surface area contributed by atoms with Crippen molar-refractivity contribution in [2.24, 2.45) is 0 Å². The topological polar surface area (TPSA) is 87.7 Å². The SMILES string of the molecule is CCCNc1nc(N2CCN(c3ccc(Cl)cc3)CC2)nc2c(OS(=O)(=O)C(F)(F)F)csc12. The predicted octanol–water partition coefficient (Wildman–Crippen LogP) is 4.72. The van der Waals surface area contributed by atoms with Gasteiger partial charge in [-0.2, -0.15) is 26.6 Å². The van der Waals surface area contributed by atoms with Gasteiger partial charge in [0.25, 0.3) is 0 Å². The number of halogens is 4. The maximum atomic E-state index is 12.9. The Kier molecular flexibility index (Phi) is 6.97. The number of rotatable bonds is 7. The van der Waals surface area contributed by atoms with Crippen LogP contribution in [0.2, 0.25) is 5.02 Å². The van der Waals surface area contributed by atoms with Crippen LogP contribution in [0, 0.1) is 0 Å². The van der Waals surface area contributed by atoms with Crippen LogP contribution in [0.1, 0.15) is 13.3 Å².